The molecule has 0 atom stereocenters. The molecule has 20 heavy (non-hydrogen) atoms. The molecule has 0 bridgehead atoms. The number of aromatic nitrogens is 3. The highest BCUT2D eigenvalue weighted by Gasteiger charge is 2.15. The van der Waals surface area contributed by atoms with Crippen LogP contribution in [0.15, 0.2) is 33.5 Å². The van der Waals surface area contributed by atoms with E-state index in [-0.39, 0.29) is 5.28 Å². The van der Waals surface area contributed by atoms with Crippen LogP contribution in [0.2, 0.25) is 5.28 Å². The summed E-state index contributed by atoms with van der Waals surface area (Å²) >= 11 is 9.51. The largest absolute Gasteiger partial charge is 0.467 e. The second-order valence-electron chi connectivity index (χ2n) is 4.26. The molecule has 1 N–H and O–H groups in total. The van der Waals surface area contributed by atoms with Crippen molar-refractivity contribution in [1.82, 2.24) is 14.6 Å². The molecule has 0 spiro atoms. The summed E-state index contributed by atoms with van der Waals surface area (Å²) in [5.74, 6) is 1.53. The van der Waals surface area contributed by atoms with Crippen LogP contribution >= 0.6 is 27.5 Å². The Hall–Kier alpha value is -1.53. The summed E-state index contributed by atoms with van der Waals surface area (Å²) in [5, 5.41) is 7.63. The number of aryl methyl sites for hydroxylation is 1. The van der Waals surface area contributed by atoms with E-state index in [1.165, 1.54) is 0 Å². The van der Waals surface area contributed by atoms with Crippen molar-refractivity contribution in [3.05, 3.63) is 45.7 Å². The minimum absolute atomic E-state index is 0.199. The number of halogens is 2. The average Bonchev–Trinajstić information content (AvgIpc) is 3.02. The number of furan rings is 1. The predicted molar refractivity (Wildman–Crippen MR) is 81.1 cm³/mol. The number of rotatable bonds is 4. The molecule has 0 aromatic carbocycles. The number of hydrogen-bond acceptors (Lipinski definition) is 4. The SMILES string of the molecule is CCc1c(Br)cn2nc(Cl)nc(NCc3ccco3)c12. The molecule has 0 unspecified atom stereocenters. The number of hydrogen-bond donors (Lipinski definition) is 1. The molecule has 0 fully saturated rings. The molecule has 5 nitrogen and oxygen atoms in total. The maximum Gasteiger partial charge on any atom is 0.243 e. The van der Waals surface area contributed by atoms with Crippen LogP contribution in [-0.4, -0.2) is 14.6 Å². The number of anilines is 1. The quantitative estimate of drug-likeness (QED) is 0.771. The maximum absolute atomic E-state index is 5.97. The summed E-state index contributed by atoms with van der Waals surface area (Å²) in [5.41, 5.74) is 2.07. The number of nitrogens with one attached hydrogen (secondary N) is 1. The molecule has 104 valence electrons. The normalized spacial score (nSPS) is 11.2. The lowest BCUT2D eigenvalue weighted by molar-refractivity contribution is 0.518. The van der Waals surface area contributed by atoms with E-state index < -0.39 is 0 Å². The molecule has 0 aliphatic carbocycles. The van der Waals surface area contributed by atoms with Gasteiger partial charge < -0.3 is 9.73 Å². The van der Waals surface area contributed by atoms with Crippen LogP contribution in [0.4, 0.5) is 5.82 Å². The van der Waals surface area contributed by atoms with Gasteiger partial charge in [0.1, 0.15) is 11.3 Å². The molecule has 0 saturated heterocycles. The van der Waals surface area contributed by atoms with Gasteiger partial charge in [-0.2, -0.15) is 4.98 Å². The summed E-state index contributed by atoms with van der Waals surface area (Å²) < 4.78 is 8.04. The van der Waals surface area contributed by atoms with Crippen LogP contribution in [0.5, 0.6) is 0 Å². The number of nitrogens with zero attached hydrogens (tertiary/aromatic N) is 3. The maximum atomic E-state index is 5.97. The van der Waals surface area contributed by atoms with E-state index in [9.17, 15) is 0 Å². The van der Waals surface area contributed by atoms with Crippen molar-refractivity contribution in [2.45, 2.75) is 19.9 Å². The fourth-order valence-corrected chi connectivity index (χ4v) is 2.96. The lowest BCUT2D eigenvalue weighted by Gasteiger charge is -2.08. The van der Waals surface area contributed by atoms with Crippen molar-refractivity contribution < 1.29 is 4.42 Å². The third kappa shape index (κ3) is 2.41. The van der Waals surface area contributed by atoms with E-state index in [0.717, 1.165) is 27.7 Å². The Labute approximate surface area is 129 Å². The van der Waals surface area contributed by atoms with Crippen LogP contribution in [0.25, 0.3) is 5.52 Å². The molecule has 0 saturated carbocycles. The standard InChI is InChI=1S/C13H12BrClN4O/c1-2-9-10(14)7-19-11(9)12(17-13(15)18-19)16-6-8-4-3-5-20-8/h3-5,7H,2,6H2,1H3,(H,16,17,18). The first-order valence-electron chi connectivity index (χ1n) is 6.18. The zero-order valence-electron chi connectivity index (χ0n) is 10.7. The highest BCUT2D eigenvalue weighted by atomic mass is 79.9. The summed E-state index contributed by atoms with van der Waals surface area (Å²) in [6.07, 6.45) is 4.40. The van der Waals surface area contributed by atoms with Crippen molar-refractivity contribution in [3.8, 4) is 0 Å². The first kappa shape index (κ1) is 13.5. The smallest absolute Gasteiger partial charge is 0.243 e. The molecular formula is C13H12BrClN4O. The van der Waals surface area contributed by atoms with Crippen molar-refractivity contribution in [2.24, 2.45) is 0 Å². The molecule has 3 aromatic rings. The third-order valence-corrected chi connectivity index (χ3v) is 3.86. The Morgan fingerprint density at radius 3 is 3.05 bits per heavy atom. The monoisotopic (exact) mass is 354 g/mol. The first-order valence-corrected chi connectivity index (χ1v) is 7.35. The summed E-state index contributed by atoms with van der Waals surface area (Å²) in [7, 11) is 0. The molecule has 3 rings (SSSR count). The van der Waals surface area contributed by atoms with E-state index in [1.54, 1.807) is 10.8 Å². The zero-order chi connectivity index (χ0) is 14.1. The van der Waals surface area contributed by atoms with Gasteiger partial charge in [-0.25, -0.2) is 4.52 Å². The third-order valence-electron chi connectivity index (χ3n) is 3.02. The summed E-state index contributed by atoms with van der Waals surface area (Å²) in [6, 6.07) is 3.76. The Balaban J connectivity index is 2.03. The molecule has 7 heteroatoms. The predicted octanol–water partition coefficient (Wildman–Crippen LogP) is 3.91. The van der Waals surface area contributed by atoms with Gasteiger partial charge in [0.25, 0.3) is 0 Å². The Morgan fingerprint density at radius 2 is 2.35 bits per heavy atom. The summed E-state index contributed by atoms with van der Waals surface area (Å²) in [6.45, 7) is 2.63. The van der Waals surface area contributed by atoms with E-state index in [2.05, 4.69) is 38.3 Å². The molecular weight excluding hydrogens is 344 g/mol. The zero-order valence-corrected chi connectivity index (χ0v) is 13.1. The Morgan fingerprint density at radius 1 is 1.50 bits per heavy atom. The van der Waals surface area contributed by atoms with Crippen LogP contribution in [0.1, 0.15) is 18.2 Å². The van der Waals surface area contributed by atoms with E-state index in [0.29, 0.717) is 12.4 Å². The topological polar surface area (TPSA) is 55.4 Å². The van der Waals surface area contributed by atoms with Gasteiger partial charge in [0.15, 0.2) is 5.82 Å². The summed E-state index contributed by atoms with van der Waals surface area (Å²) in [4.78, 5) is 4.28. The van der Waals surface area contributed by atoms with Crippen molar-refractivity contribution in [2.75, 3.05) is 5.32 Å². The fraction of sp³-hybridized carbons (Fsp3) is 0.231. The van der Waals surface area contributed by atoms with Gasteiger partial charge in [0.2, 0.25) is 5.28 Å². The van der Waals surface area contributed by atoms with Crippen LogP contribution in [0.3, 0.4) is 0 Å². The highest BCUT2D eigenvalue weighted by molar-refractivity contribution is 9.10. The van der Waals surface area contributed by atoms with Gasteiger partial charge >= 0.3 is 0 Å². The van der Waals surface area contributed by atoms with Crippen LogP contribution < -0.4 is 5.32 Å². The van der Waals surface area contributed by atoms with Crippen molar-refractivity contribution >= 4 is 38.9 Å². The fourth-order valence-electron chi connectivity index (χ4n) is 2.13. The molecule has 0 aliphatic rings. The van der Waals surface area contributed by atoms with E-state index in [1.807, 2.05) is 18.3 Å². The van der Waals surface area contributed by atoms with Crippen LogP contribution in [-0.2, 0) is 13.0 Å². The van der Waals surface area contributed by atoms with Gasteiger partial charge in [0.05, 0.1) is 12.8 Å². The lowest BCUT2D eigenvalue weighted by atomic mass is 10.2. The Kier molecular flexibility index (Phi) is 3.67. The van der Waals surface area contributed by atoms with Crippen molar-refractivity contribution in [3.63, 3.8) is 0 Å². The van der Waals surface area contributed by atoms with Crippen molar-refractivity contribution in [1.29, 1.82) is 0 Å². The highest BCUT2D eigenvalue weighted by Crippen LogP contribution is 2.29. The van der Waals surface area contributed by atoms with Gasteiger partial charge in [-0.3, -0.25) is 0 Å². The van der Waals surface area contributed by atoms with Gasteiger partial charge in [0, 0.05) is 10.7 Å². The van der Waals surface area contributed by atoms with Gasteiger partial charge in [-0.05, 0) is 51.6 Å². The first-order chi connectivity index (χ1) is 9.69. The van der Waals surface area contributed by atoms with E-state index >= 15 is 0 Å². The Bertz CT molecular complexity index is 738. The number of fused-ring (bicyclic) bond motifs is 1. The van der Waals surface area contributed by atoms with Gasteiger partial charge in [-0.15, -0.1) is 5.10 Å². The molecule has 0 radical (unpaired) electrons. The molecule has 3 heterocycles. The lowest BCUT2D eigenvalue weighted by Crippen LogP contribution is -2.05. The minimum Gasteiger partial charge on any atom is -0.467 e. The average molecular weight is 356 g/mol. The van der Waals surface area contributed by atoms with E-state index in [4.69, 9.17) is 16.0 Å². The van der Waals surface area contributed by atoms with Gasteiger partial charge in [-0.1, -0.05) is 6.92 Å². The molecule has 0 aliphatic heterocycles. The molecule has 0 amide bonds. The molecule has 3 aromatic heterocycles. The second-order valence-corrected chi connectivity index (χ2v) is 5.46. The van der Waals surface area contributed by atoms with Crippen LogP contribution in [0, 0.1) is 0 Å². The second kappa shape index (κ2) is 5.46. The minimum atomic E-state index is 0.199.